The average molecular weight is 158 g/mol. The van der Waals surface area contributed by atoms with Gasteiger partial charge in [0.1, 0.15) is 11.9 Å². The Bertz CT molecular complexity index is 140. The van der Waals surface area contributed by atoms with E-state index in [-0.39, 0.29) is 18.0 Å². The normalized spacial score (nSPS) is 20.9. The molecule has 1 rings (SSSR count). The zero-order valence-corrected chi connectivity index (χ0v) is 7.00. The molecule has 1 aliphatic rings. The van der Waals surface area contributed by atoms with Crippen LogP contribution in [0.5, 0.6) is 0 Å². The van der Waals surface area contributed by atoms with Crippen LogP contribution in [-0.4, -0.2) is 31.2 Å². The first-order valence-electron chi connectivity index (χ1n) is 3.91. The van der Waals surface area contributed by atoms with Crippen LogP contribution in [-0.2, 0) is 14.3 Å². The molecule has 0 radical (unpaired) electrons. The highest BCUT2D eigenvalue weighted by Crippen LogP contribution is 2.10. The van der Waals surface area contributed by atoms with Gasteiger partial charge in [0.05, 0.1) is 19.3 Å². The van der Waals surface area contributed by atoms with Crippen molar-refractivity contribution in [1.82, 2.24) is 0 Å². The number of ketones is 1. The molecule has 1 fully saturated rings. The molecular weight excluding hydrogens is 144 g/mol. The number of hydrogen-bond acceptors (Lipinski definition) is 3. The Balaban J connectivity index is 2.09. The lowest BCUT2D eigenvalue weighted by atomic mass is 10.2. The summed E-state index contributed by atoms with van der Waals surface area (Å²) >= 11 is 0. The number of carbonyl (C=O) groups is 1. The molecule has 0 aliphatic carbocycles. The molecule has 11 heavy (non-hydrogen) atoms. The molecule has 0 N–H and O–H groups in total. The maximum atomic E-state index is 10.6. The Labute approximate surface area is 66.7 Å². The summed E-state index contributed by atoms with van der Waals surface area (Å²) in [6.45, 7) is 4.86. The topological polar surface area (TPSA) is 35.5 Å². The van der Waals surface area contributed by atoms with Crippen LogP contribution in [0.15, 0.2) is 0 Å². The molecule has 0 saturated carbocycles. The van der Waals surface area contributed by atoms with Crippen molar-refractivity contribution in [3.8, 4) is 0 Å². The van der Waals surface area contributed by atoms with E-state index in [4.69, 9.17) is 9.47 Å². The van der Waals surface area contributed by atoms with E-state index in [2.05, 4.69) is 0 Å². The van der Waals surface area contributed by atoms with Crippen molar-refractivity contribution in [2.45, 2.75) is 32.5 Å². The molecule has 1 saturated heterocycles. The fraction of sp³-hybridized carbons (Fsp3) is 0.875. The van der Waals surface area contributed by atoms with Crippen LogP contribution in [0.4, 0.5) is 0 Å². The fourth-order valence-corrected chi connectivity index (χ4v) is 1.07. The molecule has 0 aromatic heterocycles. The third-order valence-corrected chi connectivity index (χ3v) is 1.61. The lowest BCUT2D eigenvalue weighted by molar-refractivity contribution is -0.154. The van der Waals surface area contributed by atoms with Crippen LogP contribution >= 0.6 is 0 Å². The van der Waals surface area contributed by atoms with Crippen molar-refractivity contribution in [3.05, 3.63) is 0 Å². The second-order valence-corrected chi connectivity index (χ2v) is 3.01. The molecule has 0 spiro atoms. The maximum absolute atomic E-state index is 10.6. The van der Waals surface area contributed by atoms with Crippen molar-refractivity contribution >= 4 is 5.78 Å². The predicted molar refractivity (Wildman–Crippen MR) is 40.5 cm³/mol. The molecule has 0 aromatic carbocycles. The van der Waals surface area contributed by atoms with Crippen LogP contribution in [0, 0.1) is 0 Å². The average Bonchev–Trinajstić information content (AvgIpc) is 1.77. The monoisotopic (exact) mass is 158 g/mol. The smallest absolute Gasteiger partial charge is 0.132 e. The molecule has 0 aromatic rings. The van der Waals surface area contributed by atoms with Crippen molar-refractivity contribution in [2.24, 2.45) is 0 Å². The summed E-state index contributed by atoms with van der Waals surface area (Å²) in [6.07, 6.45) is 0.780. The van der Waals surface area contributed by atoms with Gasteiger partial charge in [-0.2, -0.15) is 0 Å². The van der Waals surface area contributed by atoms with E-state index in [1.165, 1.54) is 0 Å². The standard InChI is InChI=1S/C8H14O3/c1-6(9)3-7(2)11-8-4-10-5-8/h7-8H,3-5H2,1-2H3. The zero-order valence-electron chi connectivity index (χ0n) is 7.00. The predicted octanol–water partition coefficient (Wildman–Crippen LogP) is 0.769. The van der Waals surface area contributed by atoms with Crippen molar-refractivity contribution < 1.29 is 14.3 Å². The molecule has 3 nitrogen and oxygen atoms in total. The van der Waals surface area contributed by atoms with Gasteiger partial charge >= 0.3 is 0 Å². The van der Waals surface area contributed by atoms with Crippen LogP contribution < -0.4 is 0 Å². The lowest BCUT2D eigenvalue weighted by Crippen LogP contribution is -2.38. The van der Waals surface area contributed by atoms with Crippen molar-refractivity contribution in [1.29, 1.82) is 0 Å². The van der Waals surface area contributed by atoms with Crippen LogP contribution in [0.1, 0.15) is 20.3 Å². The van der Waals surface area contributed by atoms with E-state index in [1.807, 2.05) is 6.92 Å². The van der Waals surface area contributed by atoms with Gasteiger partial charge in [-0.05, 0) is 13.8 Å². The van der Waals surface area contributed by atoms with Crippen LogP contribution in [0.25, 0.3) is 0 Å². The first-order chi connectivity index (χ1) is 5.18. The Morgan fingerprint density at radius 1 is 1.73 bits per heavy atom. The first kappa shape index (κ1) is 8.68. The summed E-state index contributed by atoms with van der Waals surface area (Å²) in [5, 5.41) is 0. The van der Waals surface area contributed by atoms with Gasteiger partial charge in [0, 0.05) is 6.42 Å². The Kier molecular flexibility index (Phi) is 3.02. The largest absolute Gasteiger partial charge is 0.376 e. The zero-order chi connectivity index (χ0) is 8.27. The molecule has 1 heterocycles. The second-order valence-electron chi connectivity index (χ2n) is 3.01. The third kappa shape index (κ3) is 2.99. The second kappa shape index (κ2) is 3.83. The Morgan fingerprint density at radius 3 is 2.73 bits per heavy atom. The fourth-order valence-electron chi connectivity index (χ4n) is 1.07. The summed E-state index contributed by atoms with van der Waals surface area (Å²) < 4.78 is 10.4. The summed E-state index contributed by atoms with van der Waals surface area (Å²) in [5.74, 6) is 0.178. The van der Waals surface area contributed by atoms with E-state index in [0.717, 1.165) is 0 Å². The highest BCUT2D eigenvalue weighted by atomic mass is 16.6. The molecule has 1 unspecified atom stereocenters. The molecule has 64 valence electrons. The molecule has 1 atom stereocenters. The molecular formula is C8H14O3. The van der Waals surface area contributed by atoms with Crippen molar-refractivity contribution in [2.75, 3.05) is 13.2 Å². The van der Waals surface area contributed by atoms with Gasteiger partial charge in [0.2, 0.25) is 0 Å². The minimum absolute atomic E-state index is 0.0430. The minimum atomic E-state index is 0.0430. The summed E-state index contributed by atoms with van der Waals surface area (Å²) in [5.41, 5.74) is 0. The molecule has 1 aliphatic heterocycles. The lowest BCUT2D eigenvalue weighted by Gasteiger charge is -2.28. The number of rotatable bonds is 4. The molecule has 0 amide bonds. The quantitative estimate of drug-likeness (QED) is 0.606. The number of hydrogen-bond donors (Lipinski definition) is 0. The summed E-state index contributed by atoms with van der Waals surface area (Å²) in [7, 11) is 0. The van der Waals surface area contributed by atoms with Gasteiger partial charge in [-0.15, -0.1) is 0 Å². The highest BCUT2D eigenvalue weighted by Gasteiger charge is 2.21. The highest BCUT2D eigenvalue weighted by molar-refractivity contribution is 5.75. The third-order valence-electron chi connectivity index (χ3n) is 1.61. The van der Waals surface area contributed by atoms with Gasteiger partial charge in [-0.1, -0.05) is 0 Å². The van der Waals surface area contributed by atoms with E-state index in [9.17, 15) is 4.79 Å². The summed E-state index contributed by atoms with van der Waals surface area (Å²) in [4.78, 5) is 10.6. The Morgan fingerprint density at radius 2 is 2.36 bits per heavy atom. The van der Waals surface area contributed by atoms with E-state index in [1.54, 1.807) is 6.92 Å². The first-order valence-corrected chi connectivity index (χ1v) is 3.91. The van der Waals surface area contributed by atoms with Crippen LogP contribution in [0.3, 0.4) is 0 Å². The molecule has 0 bridgehead atoms. The van der Waals surface area contributed by atoms with Gasteiger partial charge in [0.25, 0.3) is 0 Å². The molecule has 3 heteroatoms. The van der Waals surface area contributed by atoms with E-state index >= 15 is 0 Å². The SMILES string of the molecule is CC(=O)CC(C)OC1COC1. The van der Waals surface area contributed by atoms with E-state index < -0.39 is 0 Å². The maximum Gasteiger partial charge on any atom is 0.132 e. The number of Topliss-reactive ketones (excluding diaryl/α,β-unsaturated/α-hetero) is 1. The number of carbonyl (C=O) groups excluding carboxylic acids is 1. The van der Waals surface area contributed by atoms with Gasteiger partial charge in [0.15, 0.2) is 0 Å². The summed E-state index contributed by atoms with van der Waals surface area (Å²) in [6, 6.07) is 0. The Hall–Kier alpha value is -0.410. The van der Waals surface area contributed by atoms with Gasteiger partial charge in [-0.3, -0.25) is 4.79 Å². The number of ether oxygens (including phenoxy) is 2. The van der Waals surface area contributed by atoms with Crippen molar-refractivity contribution in [3.63, 3.8) is 0 Å². The van der Waals surface area contributed by atoms with Crippen LogP contribution in [0.2, 0.25) is 0 Å². The van der Waals surface area contributed by atoms with Gasteiger partial charge in [-0.25, -0.2) is 0 Å². The van der Waals surface area contributed by atoms with E-state index in [0.29, 0.717) is 19.6 Å². The van der Waals surface area contributed by atoms with Gasteiger partial charge < -0.3 is 9.47 Å². The minimum Gasteiger partial charge on any atom is -0.376 e.